The standard InChI is InChI=1S/C11H18FN3O/c1-11(2,3)9-8(12)10(13)14-15(9)7-4-5-16-6-7/h7H,4-6H2,1-3H3,(H2,13,14)/t7-/m1/s1. The molecule has 1 saturated heterocycles. The lowest BCUT2D eigenvalue weighted by Crippen LogP contribution is -2.23. The van der Waals surface area contributed by atoms with Gasteiger partial charge in [-0.15, -0.1) is 0 Å². The molecule has 0 bridgehead atoms. The number of nitrogens with zero attached hydrogens (tertiary/aromatic N) is 2. The third-order valence-electron chi connectivity index (χ3n) is 2.84. The third-order valence-corrected chi connectivity index (χ3v) is 2.84. The minimum Gasteiger partial charge on any atom is -0.380 e. The molecule has 16 heavy (non-hydrogen) atoms. The maximum absolute atomic E-state index is 13.9. The van der Waals surface area contributed by atoms with Crippen molar-refractivity contribution >= 4 is 5.82 Å². The van der Waals surface area contributed by atoms with E-state index in [0.717, 1.165) is 6.42 Å². The maximum Gasteiger partial charge on any atom is 0.188 e. The molecule has 0 amide bonds. The molecule has 2 N–H and O–H groups in total. The van der Waals surface area contributed by atoms with Crippen LogP contribution in [0.1, 0.15) is 38.9 Å². The Hall–Kier alpha value is -1.10. The van der Waals surface area contributed by atoms with Gasteiger partial charge < -0.3 is 10.5 Å². The van der Waals surface area contributed by atoms with Gasteiger partial charge in [0, 0.05) is 12.0 Å². The van der Waals surface area contributed by atoms with Crippen molar-refractivity contribution in [1.29, 1.82) is 0 Å². The summed E-state index contributed by atoms with van der Waals surface area (Å²) >= 11 is 0. The molecule has 1 atom stereocenters. The SMILES string of the molecule is CC(C)(C)c1c(F)c(N)nn1[C@@H]1CCOC1. The van der Waals surface area contributed by atoms with E-state index in [1.54, 1.807) is 4.68 Å². The molecule has 0 unspecified atom stereocenters. The van der Waals surface area contributed by atoms with E-state index >= 15 is 0 Å². The average Bonchev–Trinajstić information content (AvgIpc) is 2.73. The van der Waals surface area contributed by atoms with Gasteiger partial charge in [0.2, 0.25) is 0 Å². The van der Waals surface area contributed by atoms with Crippen molar-refractivity contribution in [2.24, 2.45) is 0 Å². The first-order chi connectivity index (χ1) is 7.41. The number of halogens is 1. The summed E-state index contributed by atoms with van der Waals surface area (Å²) in [5.41, 5.74) is 5.82. The number of nitrogens with two attached hydrogens (primary N) is 1. The summed E-state index contributed by atoms with van der Waals surface area (Å²) < 4.78 is 20.9. The molecule has 0 aromatic carbocycles. The van der Waals surface area contributed by atoms with E-state index in [2.05, 4.69) is 5.10 Å². The van der Waals surface area contributed by atoms with Crippen molar-refractivity contribution in [2.45, 2.75) is 38.6 Å². The zero-order chi connectivity index (χ0) is 11.9. The molecule has 4 nitrogen and oxygen atoms in total. The monoisotopic (exact) mass is 227 g/mol. The normalized spacial score (nSPS) is 21.6. The van der Waals surface area contributed by atoms with Crippen LogP contribution < -0.4 is 5.73 Å². The molecule has 0 aliphatic carbocycles. The Kier molecular flexibility index (Phi) is 2.66. The lowest BCUT2D eigenvalue weighted by Gasteiger charge is -2.22. The molecule has 1 aliphatic heterocycles. The number of nitrogen functional groups attached to an aromatic ring is 1. The van der Waals surface area contributed by atoms with Crippen molar-refractivity contribution in [1.82, 2.24) is 9.78 Å². The van der Waals surface area contributed by atoms with Gasteiger partial charge in [0.25, 0.3) is 0 Å². The Morgan fingerprint density at radius 2 is 2.19 bits per heavy atom. The summed E-state index contributed by atoms with van der Waals surface area (Å²) in [6.07, 6.45) is 0.865. The molecule has 0 spiro atoms. The Balaban J connectivity index is 2.48. The lowest BCUT2D eigenvalue weighted by molar-refractivity contribution is 0.183. The van der Waals surface area contributed by atoms with E-state index in [0.29, 0.717) is 18.9 Å². The van der Waals surface area contributed by atoms with Crippen LogP contribution in [0.5, 0.6) is 0 Å². The molecule has 0 radical (unpaired) electrons. The molecule has 2 rings (SSSR count). The summed E-state index contributed by atoms with van der Waals surface area (Å²) in [7, 11) is 0. The zero-order valence-electron chi connectivity index (χ0n) is 9.96. The van der Waals surface area contributed by atoms with Crippen molar-refractivity contribution in [2.75, 3.05) is 18.9 Å². The highest BCUT2D eigenvalue weighted by Gasteiger charge is 2.31. The van der Waals surface area contributed by atoms with Gasteiger partial charge in [-0.1, -0.05) is 20.8 Å². The second kappa shape index (κ2) is 3.73. The van der Waals surface area contributed by atoms with Gasteiger partial charge in [-0.05, 0) is 6.42 Å². The van der Waals surface area contributed by atoms with Gasteiger partial charge in [0.1, 0.15) is 0 Å². The fourth-order valence-corrected chi connectivity index (χ4v) is 2.08. The average molecular weight is 227 g/mol. The van der Waals surface area contributed by atoms with E-state index in [-0.39, 0.29) is 23.1 Å². The summed E-state index contributed by atoms with van der Waals surface area (Å²) in [4.78, 5) is 0. The Bertz CT molecular complexity index is 389. The van der Waals surface area contributed by atoms with E-state index < -0.39 is 0 Å². The van der Waals surface area contributed by atoms with E-state index in [1.807, 2.05) is 20.8 Å². The molecular weight excluding hydrogens is 209 g/mol. The topological polar surface area (TPSA) is 53.1 Å². The summed E-state index contributed by atoms with van der Waals surface area (Å²) in [5, 5.41) is 4.10. The number of hydrogen-bond donors (Lipinski definition) is 1. The quantitative estimate of drug-likeness (QED) is 0.796. The van der Waals surface area contributed by atoms with Crippen molar-refractivity contribution in [3.05, 3.63) is 11.5 Å². The van der Waals surface area contributed by atoms with Crippen LogP contribution in [0.2, 0.25) is 0 Å². The fraction of sp³-hybridized carbons (Fsp3) is 0.727. The number of anilines is 1. The highest BCUT2D eigenvalue weighted by Crippen LogP contribution is 2.32. The molecule has 0 saturated carbocycles. The molecule has 1 fully saturated rings. The molecule has 5 heteroatoms. The second-order valence-corrected chi connectivity index (χ2v) is 5.26. The third kappa shape index (κ3) is 1.80. The molecule has 1 aromatic heterocycles. The Morgan fingerprint density at radius 1 is 1.50 bits per heavy atom. The first-order valence-electron chi connectivity index (χ1n) is 5.53. The van der Waals surface area contributed by atoms with Gasteiger partial charge in [-0.25, -0.2) is 4.39 Å². The van der Waals surface area contributed by atoms with Crippen LogP contribution >= 0.6 is 0 Å². The smallest absolute Gasteiger partial charge is 0.188 e. The lowest BCUT2D eigenvalue weighted by atomic mass is 9.91. The molecule has 1 aromatic rings. The first kappa shape index (κ1) is 11.4. The maximum atomic E-state index is 13.9. The minimum atomic E-state index is -0.389. The van der Waals surface area contributed by atoms with Crippen LogP contribution in [0, 0.1) is 5.82 Å². The summed E-state index contributed by atoms with van der Waals surface area (Å²) in [6.45, 7) is 7.16. The predicted octanol–water partition coefficient (Wildman–Crippen LogP) is 1.86. The van der Waals surface area contributed by atoms with Crippen LogP contribution in [0.25, 0.3) is 0 Å². The zero-order valence-corrected chi connectivity index (χ0v) is 9.96. The Labute approximate surface area is 94.6 Å². The highest BCUT2D eigenvalue weighted by atomic mass is 19.1. The molecule has 2 heterocycles. The fourth-order valence-electron chi connectivity index (χ4n) is 2.08. The van der Waals surface area contributed by atoms with Crippen molar-refractivity contribution in [3.63, 3.8) is 0 Å². The van der Waals surface area contributed by atoms with Gasteiger partial charge in [0.15, 0.2) is 11.6 Å². The largest absolute Gasteiger partial charge is 0.380 e. The minimum absolute atomic E-state index is 0.0168. The van der Waals surface area contributed by atoms with Crippen molar-refractivity contribution in [3.8, 4) is 0 Å². The van der Waals surface area contributed by atoms with Crippen LogP contribution in [0.3, 0.4) is 0 Å². The highest BCUT2D eigenvalue weighted by molar-refractivity contribution is 5.36. The van der Waals surface area contributed by atoms with Gasteiger partial charge in [0.05, 0.1) is 18.3 Å². The second-order valence-electron chi connectivity index (χ2n) is 5.26. The number of aromatic nitrogens is 2. The molecule has 90 valence electrons. The number of ether oxygens (including phenoxy) is 1. The van der Waals surface area contributed by atoms with Crippen LogP contribution in [-0.2, 0) is 10.2 Å². The molecule has 1 aliphatic rings. The number of rotatable bonds is 1. The van der Waals surface area contributed by atoms with Crippen LogP contribution in [-0.4, -0.2) is 23.0 Å². The predicted molar refractivity (Wildman–Crippen MR) is 59.8 cm³/mol. The summed E-state index contributed by atoms with van der Waals surface area (Å²) in [5.74, 6) is -0.406. The summed E-state index contributed by atoms with van der Waals surface area (Å²) in [6, 6.07) is 0.112. The van der Waals surface area contributed by atoms with E-state index in [9.17, 15) is 4.39 Å². The van der Waals surface area contributed by atoms with Gasteiger partial charge >= 0.3 is 0 Å². The first-order valence-corrected chi connectivity index (χ1v) is 5.53. The number of hydrogen-bond acceptors (Lipinski definition) is 3. The van der Waals surface area contributed by atoms with Crippen molar-refractivity contribution < 1.29 is 9.13 Å². The van der Waals surface area contributed by atoms with Gasteiger partial charge in [-0.3, -0.25) is 4.68 Å². The molecular formula is C11H18FN3O. The Morgan fingerprint density at radius 3 is 2.69 bits per heavy atom. The van der Waals surface area contributed by atoms with E-state index in [4.69, 9.17) is 10.5 Å². The van der Waals surface area contributed by atoms with Gasteiger partial charge in [-0.2, -0.15) is 5.10 Å². The van der Waals surface area contributed by atoms with Crippen LogP contribution in [0.15, 0.2) is 0 Å². The van der Waals surface area contributed by atoms with E-state index in [1.165, 1.54) is 0 Å². The van der Waals surface area contributed by atoms with Crippen LogP contribution in [0.4, 0.5) is 10.2 Å².